The van der Waals surface area contributed by atoms with Crippen molar-refractivity contribution in [3.63, 3.8) is 0 Å². The zero-order chi connectivity index (χ0) is 34.3. The summed E-state index contributed by atoms with van der Waals surface area (Å²) in [6.45, 7) is 4.99. The number of aliphatic hydroxyl groups excluding tert-OH is 1. The van der Waals surface area contributed by atoms with E-state index in [-0.39, 0.29) is 0 Å². The van der Waals surface area contributed by atoms with Gasteiger partial charge < -0.3 is 10.0 Å². The third-order valence-electron chi connectivity index (χ3n) is 8.41. The van der Waals surface area contributed by atoms with Gasteiger partial charge in [0, 0.05) is 6.61 Å². The van der Waals surface area contributed by atoms with Gasteiger partial charge in [-0.2, -0.15) is 8.42 Å². The summed E-state index contributed by atoms with van der Waals surface area (Å²) in [5.74, 6) is 0.877. The first-order chi connectivity index (χ1) is 21.6. The molecule has 0 aliphatic heterocycles. The molecule has 0 aromatic rings. The minimum atomic E-state index is -4.16. The van der Waals surface area contributed by atoms with E-state index in [2.05, 4.69) is 18.0 Å². The molecule has 0 aromatic heterocycles. The Balaban J connectivity index is -0.00000151. The summed E-state index contributed by atoms with van der Waals surface area (Å²) in [7, 11) is 2.71. The molecule has 0 amide bonds. The van der Waals surface area contributed by atoms with Gasteiger partial charge in [-0.25, -0.2) is 0 Å². The number of hydrogen-bond acceptors (Lipinski definition) is 5. The zero-order valence-electron chi connectivity index (χ0n) is 31.5. The minimum Gasteiger partial charge on any atom is -0.396 e. The van der Waals surface area contributed by atoms with E-state index in [1.54, 1.807) is 0 Å². The number of aliphatic hydroxyl groups is 1. The molecule has 7 heteroatoms. The van der Waals surface area contributed by atoms with E-state index in [9.17, 15) is 13.5 Å². The van der Waals surface area contributed by atoms with Crippen molar-refractivity contribution in [2.45, 2.75) is 206 Å². The van der Waals surface area contributed by atoms with Crippen LogP contribution < -0.4 is 0 Å². The van der Waals surface area contributed by atoms with Gasteiger partial charge in [-0.05, 0) is 39.9 Å². The Morgan fingerprint density at radius 1 is 0.489 bits per heavy atom. The third kappa shape index (κ3) is 56.5. The SMILES string of the molecule is CCCCCCCCCCCCCCCCC(CCCO)CCCCCCCCCCCCCC.CN(C)C.COS(=O)(=O)O. The zero-order valence-corrected chi connectivity index (χ0v) is 32.3. The molecule has 6 nitrogen and oxygen atoms in total. The molecule has 0 rings (SSSR count). The molecule has 276 valence electrons. The number of hydrogen-bond donors (Lipinski definition) is 2. The Bertz CT molecular complexity index is 613. The van der Waals surface area contributed by atoms with Gasteiger partial charge in [-0.3, -0.25) is 8.74 Å². The molecule has 0 heterocycles. The quantitative estimate of drug-likeness (QED) is 0.0549. The van der Waals surface area contributed by atoms with Gasteiger partial charge in [0.2, 0.25) is 0 Å². The van der Waals surface area contributed by atoms with Gasteiger partial charge >= 0.3 is 10.4 Å². The van der Waals surface area contributed by atoms with Crippen LogP contribution in [0.5, 0.6) is 0 Å². The molecule has 0 spiro atoms. The lowest BCUT2D eigenvalue weighted by atomic mass is 9.90. The Morgan fingerprint density at radius 3 is 0.889 bits per heavy atom. The average molecular weight is 666 g/mol. The lowest BCUT2D eigenvalue weighted by Crippen LogP contribution is -2.02. The van der Waals surface area contributed by atoms with Crippen LogP contribution in [0.15, 0.2) is 0 Å². The normalized spacial score (nSPS) is 12.0. The summed E-state index contributed by atoms with van der Waals surface area (Å²) in [6.07, 6.45) is 42.7. The standard InChI is InChI=1S/C34H70O.C3H9N.CH4O4S/c1-3-5-7-9-11-13-15-17-18-20-22-24-26-28-31-34(32-29-33-35)30-27-25-23-21-19-16-14-12-10-8-6-4-2;1-4(2)3;1-5-6(2,3)4/h34-35H,3-33H2,1-2H3;1-3H3;1H3,(H,2,3,4). The summed E-state index contributed by atoms with van der Waals surface area (Å²) in [4.78, 5) is 2.00. The van der Waals surface area contributed by atoms with Crippen molar-refractivity contribution in [2.24, 2.45) is 5.92 Å². The molecule has 0 aliphatic rings. The van der Waals surface area contributed by atoms with Gasteiger partial charge in [0.1, 0.15) is 0 Å². The molecule has 45 heavy (non-hydrogen) atoms. The van der Waals surface area contributed by atoms with Crippen molar-refractivity contribution in [1.82, 2.24) is 4.90 Å². The molecule has 2 N–H and O–H groups in total. The topological polar surface area (TPSA) is 87.1 Å². The van der Waals surface area contributed by atoms with Crippen molar-refractivity contribution in [1.29, 1.82) is 0 Å². The highest BCUT2D eigenvalue weighted by Crippen LogP contribution is 2.23. The largest absolute Gasteiger partial charge is 0.397 e. The maximum absolute atomic E-state index is 9.33. The second kappa shape index (κ2) is 41.8. The number of rotatable bonds is 32. The average Bonchev–Trinajstić information content (AvgIpc) is 2.99. The van der Waals surface area contributed by atoms with Gasteiger partial charge in [-0.15, -0.1) is 0 Å². The second-order valence-corrected chi connectivity index (χ2v) is 14.9. The van der Waals surface area contributed by atoms with E-state index >= 15 is 0 Å². The molecule has 0 aliphatic carbocycles. The Kier molecular flexibility index (Phi) is 45.7. The number of unbranched alkanes of at least 4 members (excludes halogenated alkanes) is 24. The number of nitrogens with zero attached hydrogens (tertiary/aromatic N) is 1. The minimum absolute atomic E-state index is 0.383. The molecule has 0 fully saturated rings. The molecule has 1 atom stereocenters. The van der Waals surface area contributed by atoms with Crippen LogP contribution in [0.2, 0.25) is 0 Å². The first kappa shape index (κ1) is 49.2. The van der Waals surface area contributed by atoms with Crippen molar-refractivity contribution in [3.8, 4) is 0 Å². The van der Waals surface area contributed by atoms with E-state index in [1.807, 2.05) is 26.0 Å². The van der Waals surface area contributed by atoms with Crippen LogP contribution in [-0.2, 0) is 14.6 Å². The summed E-state index contributed by atoms with van der Waals surface area (Å²) in [6, 6.07) is 0. The molecule has 0 aromatic carbocycles. The molecule has 0 saturated heterocycles. The van der Waals surface area contributed by atoms with Gasteiger partial charge in [0.05, 0.1) is 7.11 Å². The van der Waals surface area contributed by atoms with Gasteiger partial charge in [0.15, 0.2) is 0 Å². The van der Waals surface area contributed by atoms with Crippen LogP contribution in [0.3, 0.4) is 0 Å². The smallest absolute Gasteiger partial charge is 0.396 e. The summed E-state index contributed by atoms with van der Waals surface area (Å²) >= 11 is 0. The van der Waals surface area contributed by atoms with Crippen LogP contribution in [0, 0.1) is 5.92 Å². The highest BCUT2D eigenvalue weighted by atomic mass is 32.3. The highest BCUT2D eigenvalue weighted by molar-refractivity contribution is 7.80. The van der Waals surface area contributed by atoms with Crippen LogP contribution >= 0.6 is 0 Å². The molecular weight excluding hydrogens is 582 g/mol. The van der Waals surface area contributed by atoms with Crippen LogP contribution in [0.25, 0.3) is 0 Å². The molecular formula is C38H83NO5S. The monoisotopic (exact) mass is 666 g/mol. The summed E-state index contributed by atoms with van der Waals surface area (Å²) in [5, 5.41) is 9.28. The predicted octanol–water partition coefficient (Wildman–Crippen LogP) is 12.0. The summed E-state index contributed by atoms with van der Waals surface area (Å²) < 4.78 is 29.7. The lowest BCUT2D eigenvalue weighted by molar-refractivity contribution is 0.261. The van der Waals surface area contributed by atoms with Crippen molar-refractivity contribution in [3.05, 3.63) is 0 Å². The Hall–Kier alpha value is -0.210. The fourth-order valence-electron chi connectivity index (χ4n) is 5.71. The Morgan fingerprint density at radius 2 is 0.689 bits per heavy atom. The highest BCUT2D eigenvalue weighted by Gasteiger charge is 2.08. The van der Waals surface area contributed by atoms with Crippen LogP contribution in [-0.4, -0.2) is 57.8 Å². The van der Waals surface area contributed by atoms with Crippen LogP contribution in [0.1, 0.15) is 206 Å². The molecule has 0 radical (unpaired) electrons. The van der Waals surface area contributed by atoms with Crippen molar-refractivity contribution >= 4 is 10.4 Å². The van der Waals surface area contributed by atoms with Crippen molar-refractivity contribution < 1.29 is 22.3 Å². The molecule has 1 unspecified atom stereocenters. The first-order valence-electron chi connectivity index (χ1n) is 19.4. The molecule has 0 bridgehead atoms. The fourth-order valence-corrected chi connectivity index (χ4v) is 5.71. The first-order valence-corrected chi connectivity index (χ1v) is 20.8. The molecule has 0 saturated carbocycles. The van der Waals surface area contributed by atoms with Gasteiger partial charge in [0.25, 0.3) is 0 Å². The second-order valence-electron chi connectivity index (χ2n) is 13.7. The van der Waals surface area contributed by atoms with E-state index < -0.39 is 10.4 Å². The fraction of sp³-hybridized carbons (Fsp3) is 1.00. The Labute approximate surface area is 284 Å². The van der Waals surface area contributed by atoms with Crippen molar-refractivity contribution in [2.75, 3.05) is 34.9 Å². The van der Waals surface area contributed by atoms with E-state index in [1.165, 1.54) is 186 Å². The summed E-state index contributed by atoms with van der Waals surface area (Å²) in [5.41, 5.74) is 0. The van der Waals surface area contributed by atoms with Gasteiger partial charge in [-0.1, -0.05) is 194 Å². The maximum Gasteiger partial charge on any atom is 0.397 e. The maximum atomic E-state index is 9.33. The van der Waals surface area contributed by atoms with E-state index in [0.717, 1.165) is 19.4 Å². The predicted molar refractivity (Wildman–Crippen MR) is 199 cm³/mol. The van der Waals surface area contributed by atoms with E-state index in [0.29, 0.717) is 6.61 Å². The van der Waals surface area contributed by atoms with Crippen LogP contribution in [0.4, 0.5) is 0 Å². The lowest BCUT2D eigenvalue weighted by Gasteiger charge is -2.16. The third-order valence-corrected chi connectivity index (χ3v) is 8.83. The van der Waals surface area contributed by atoms with E-state index in [4.69, 9.17) is 4.55 Å².